The Kier molecular flexibility index (Phi) is 45.6. The molecule has 0 atom stereocenters. The quantitative estimate of drug-likeness (QED) is 0.465. The zero-order valence-electron chi connectivity index (χ0n) is 12.1. The van der Waals surface area contributed by atoms with Crippen molar-refractivity contribution in [2.24, 2.45) is 0 Å². The van der Waals surface area contributed by atoms with E-state index in [0.29, 0.717) is 0 Å². The fourth-order valence-electron chi connectivity index (χ4n) is 0.551. The zero-order chi connectivity index (χ0) is 14.0. The molecular weight excluding hydrogens is 239 g/mol. The lowest BCUT2D eigenvalue weighted by molar-refractivity contribution is 1.47. The van der Waals surface area contributed by atoms with Gasteiger partial charge in [-0.25, -0.2) is 0 Å². The molecule has 0 radical (unpaired) electrons. The van der Waals surface area contributed by atoms with Crippen LogP contribution in [0.2, 0.25) is 5.02 Å². The summed E-state index contributed by atoms with van der Waals surface area (Å²) in [4.78, 5) is 0. The van der Waals surface area contributed by atoms with Crippen LogP contribution in [0.25, 0.3) is 0 Å². The Hall–Kier alpha value is -0.200. The second-order valence-electron chi connectivity index (χ2n) is 1.75. The Bertz CT molecular complexity index is 165. The molecule has 0 aliphatic carbocycles. The molecule has 0 aliphatic rings. The van der Waals surface area contributed by atoms with Crippen LogP contribution in [-0.4, -0.2) is 6.38 Å². The first-order valence-electron chi connectivity index (χ1n) is 5.89. The number of hydrogen-bond acceptors (Lipinski definition) is 0. The maximum Gasteiger partial charge on any atom is 0.0435 e. The molecule has 1 rings (SSSR count). The molecule has 16 heavy (non-hydrogen) atoms. The molecule has 0 aliphatic heterocycles. The molecule has 0 spiro atoms. The van der Waals surface area contributed by atoms with Crippen molar-refractivity contribution in [2.45, 2.75) is 48.5 Å². The molecule has 2 heteroatoms. The predicted octanol–water partition coefficient (Wildman–Crippen LogP) is 6.58. The minimum atomic E-state index is 0.840. The van der Waals surface area contributed by atoms with Crippen molar-refractivity contribution >= 4 is 23.2 Å². The highest BCUT2D eigenvalue weighted by atomic mass is 35.5. The molecule has 0 amide bonds. The molecule has 1 aromatic rings. The summed E-state index contributed by atoms with van der Waals surface area (Å²) in [5, 5.41) is 0.840. The van der Waals surface area contributed by atoms with Gasteiger partial charge in [0.1, 0.15) is 0 Å². The largest absolute Gasteiger partial charge is 0.130 e. The van der Waals surface area contributed by atoms with Crippen molar-refractivity contribution in [3.05, 3.63) is 34.9 Å². The second-order valence-corrected chi connectivity index (χ2v) is 2.16. The fraction of sp³-hybridized carbons (Fsp3) is 0.571. The van der Waals surface area contributed by atoms with Crippen LogP contribution in [0.5, 0.6) is 0 Å². The van der Waals surface area contributed by atoms with E-state index in [0.717, 1.165) is 10.6 Å². The highest BCUT2D eigenvalue weighted by Gasteiger charge is 1.86. The van der Waals surface area contributed by atoms with E-state index in [4.69, 9.17) is 11.6 Å². The summed E-state index contributed by atoms with van der Waals surface area (Å²) in [6.07, 6.45) is 1.47. The molecule has 0 saturated carbocycles. The maximum atomic E-state index is 5.71. The summed E-state index contributed by atoms with van der Waals surface area (Å²) in [7, 11) is 0. The molecular formula is C14H28Cl2. The standard InChI is InChI=1S/C7H7Cl.3C2H6.CH3Cl/c1-6-4-2-3-5-7(6)8;4*1-2/h2-5H,1H3;3*1-2H3;1H3. The van der Waals surface area contributed by atoms with E-state index in [1.165, 1.54) is 6.38 Å². The first-order chi connectivity index (χ1) is 7.80. The molecule has 0 unspecified atom stereocenters. The van der Waals surface area contributed by atoms with E-state index >= 15 is 0 Å². The summed E-state index contributed by atoms with van der Waals surface area (Å²) in [6.45, 7) is 14.0. The Morgan fingerprint density at radius 3 is 1.25 bits per heavy atom. The van der Waals surface area contributed by atoms with Gasteiger partial charge in [0.15, 0.2) is 0 Å². The van der Waals surface area contributed by atoms with Crippen molar-refractivity contribution in [1.29, 1.82) is 0 Å². The number of hydrogen-bond donors (Lipinski definition) is 0. The van der Waals surface area contributed by atoms with Crippen LogP contribution in [0.1, 0.15) is 47.1 Å². The maximum absolute atomic E-state index is 5.71. The van der Waals surface area contributed by atoms with Gasteiger partial charge in [0, 0.05) is 11.4 Å². The SMILES string of the molecule is CC.CC.CC.CCl.Cc1ccccc1Cl. The molecule has 0 N–H and O–H groups in total. The van der Waals surface area contributed by atoms with E-state index in [9.17, 15) is 0 Å². The summed E-state index contributed by atoms with van der Waals surface area (Å²) in [5.41, 5.74) is 1.13. The molecule has 0 saturated heterocycles. The van der Waals surface area contributed by atoms with Crippen molar-refractivity contribution in [2.75, 3.05) is 6.38 Å². The molecule has 1 aromatic carbocycles. The molecule has 0 bridgehead atoms. The first kappa shape index (κ1) is 24.9. The van der Waals surface area contributed by atoms with Crippen molar-refractivity contribution in [1.82, 2.24) is 0 Å². The van der Waals surface area contributed by atoms with Gasteiger partial charge in [-0.15, -0.1) is 11.6 Å². The third kappa shape index (κ3) is 19.4. The lowest BCUT2D eigenvalue weighted by Gasteiger charge is -1.90. The van der Waals surface area contributed by atoms with Crippen LogP contribution in [0, 0.1) is 6.92 Å². The number of alkyl halides is 1. The summed E-state index contributed by atoms with van der Waals surface area (Å²) in [6, 6.07) is 7.77. The Morgan fingerprint density at radius 1 is 0.750 bits per heavy atom. The fourth-order valence-corrected chi connectivity index (χ4v) is 0.687. The third-order valence-electron chi connectivity index (χ3n) is 1.08. The monoisotopic (exact) mass is 266 g/mol. The van der Waals surface area contributed by atoms with Crippen LogP contribution in [0.4, 0.5) is 0 Å². The first-order valence-corrected chi connectivity index (χ1v) is 7.03. The van der Waals surface area contributed by atoms with Crippen LogP contribution < -0.4 is 0 Å². The van der Waals surface area contributed by atoms with E-state index in [1.54, 1.807) is 0 Å². The molecule has 0 fully saturated rings. The van der Waals surface area contributed by atoms with Crippen molar-refractivity contribution in [3.63, 3.8) is 0 Å². The van der Waals surface area contributed by atoms with Crippen LogP contribution in [-0.2, 0) is 0 Å². The Balaban J connectivity index is -0.0000000771. The van der Waals surface area contributed by atoms with Gasteiger partial charge in [0.05, 0.1) is 0 Å². The number of rotatable bonds is 0. The van der Waals surface area contributed by atoms with E-state index in [-0.39, 0.29) is 0 Å². The zero-order valence-corrected chi connectivity index (χ0v) is 13.6. The number of halogens is 2. The number of aryl methyl sites for hydroxylation is 1. The van der Waals surface area contributed by atoms with Gasteiger partial charge in [-0.05, 0) is 18.6 Å². The molecule has 98 valence electrons. The average molecular weight is 267 g/mol. The Labute approximate surface area is 113 Å². The van der Waals surface area contributed by atoms with Gasteiger partial charge in [-0.3, -0.25) is 0 Å². The third-order valence-corrected chi connectivity index (χ3v) is 1.50. The predicted molar refractivity (Wildman–Crippen MR) is 82.0 cm³/mol. The molecule has 0 heterocycles. The minimum absolute atomic E-state index is 0.840. The normalized spacial score (nSPS) is 6.12. The van der Waals surface area contributed by atoms with Crippen LogP contribution in [0.15, 0.2) is 24.3 Å². The summed E-state index contributed by atoms with van der Waals surface area (Å²) in [5.74, 6) is 0. The molecule has 0 nitrogen and oxygen atoms in total. The van der Waals surface area contributed by atoms with E-state index < -0.39 is 0 Å². The van der Waals surface area contributed by atoms with Gasteiger partial charge >= 0.3 is 0 Å². The van der Waals surface area contributed by atoms with Crippen molar-refractivity contribution in [3.8, 4) is 0 Å². The Morgan fingerprint density at radius 2 is 1.06 bits per heavy atom. The smallest absolute Gasteiger partial charge is 0.0435 e. The highest BCUT2D eigenvalue weighted by molar-refractivity contribution is 6.31. The van der Waals surface area contributed by atoms with Crippen molar-refractivity contribution < 1.29 is 0 Å². The minimum Gasteiger partial charge on any atom is -0.130 e. The van der Waals surface area contributed by atoms with Gasteiger partial charge in [0.2, 0.25) is 0 Å². The lowest BCUT2D eigenvalue weighted by atomic mass is 10.2. The summed E-state index contributed by atoms with van der Waals surface area (Å²) < 4.78 is 0. The lowest BCUT2D eigenvalue weighted by Crippen LogP contribution is -1.68. The topological polar surface area (TPSA) is 0 Å². The second kappa shape index (κ2) is 29.3. The average Bonchev–Trinajstić information content (AvgIpc) is 2.42. The van der Waals surface area contributed by atoms with Gasteiger partial charge in [-0.2, -0.15) is 0 Å². The number of benzene rings is 1. The van der Waals surface area contributed by atoms with Crippen LogP contribution in [0.3, 0.4) is 0 Å². The van der Waals surface area contributed by atoms with Crippen LogP contribution >= 0.6 is 23.2 Å². The van der Waals surface area contributed by atoms with E-state index in [2.05, 4.69) is 11.6 Å². The van der Waals surface area contributed by atoms with Gasteiger partial charge < -0.3 is 0 Å². The van der Waals surface area contributed by atoms with Gasteiger partial charge in [0.25, 0.3) is 0 Å². The van der Waals surface area contributed by atoms with Gasteiger partial charge in [-0.1, -0.05) is 71.3 Å². The summed E-state index contributed by atoms with van der Waals surface area (Å²) >= 11 is 10.3. The van der Waals surface area contributed by atoms with E-state index in [1.807, 2.05) is 72.7 Å². The molecule has 0 aromatic heterocycles. The highest BCUT2D eigenvalue weighted by Crippen LogP contribution is 2.11.